The van der Waals surface area contributed by atoms with Crippen LogP contribution in [-0.4, -0.2) is 24.1 Å². The summed E-state index contributed by atoms with van der Waals surface area (Å²) in [6.07, 6.45) is 0.0183. The fourth-order valence-corrected chi connectivity index (χ4v) is 1.68. The van der Waals surface area contributed by atoms with Gasteiger partial charge in [0.25, 0.3) is 5.91 Å². The van der Waals surface area contributed by atoms with E-state index in [1.807, 2.05) is 20.8 Å². The fraction of sp³-hybridized carbons (Fsp3) is 0.438. The molecule has 116 valence electrons. The molecule has 5 heteroatoms. The standard InChI is InChI=1S/C16H23FN2O2/c1-11(13(9-17)10-18)21-14-7-5-12(6-8-14)15(20)19-16(2,3)4/h5-9,11H,10,18H2,1-4H3,(H,19,20)/b13-9+. The van der Waals surface area contributed by atoms with Crippen LogP contribution in [0.1, 0.15) is 38.1 Å². The van der Waals surface area contributed by atoms with Crippen molar-refractivity contribution < 1.29 is 13.9 Å². The van der Waals surface area contributed by atoms with Gasteiger partial charge in [-0.15, -0.1) is 0 Å². The predicted octanol–water partition coefficient (Wildman–Crippen LogP) is 2.79. The summed E-state index contributed by atoms with van der Waals surface area (Å²) >= 11 is 0. The van der Waals surface area contributed by atoms with Crippen molar-refractivity contribution >= 4 is 5.91 Å². The maximum absolute atomic E-state index is 12.6. The van der Waals surface area contributed by atoms with Gasteiger partial charge in [0.05, 0.1) is 6.33 Å². The van der Waals surface area contributed by atoms with Gasteiger partial charge in [-0.2, -0.15) is 0 Å². The van der Waals surface area contributed by atoms with E-state index in [9.17, 15) is 9.18 Å². The van der Waals surface area contributed by atoms with Crippen molar-refractivity contribution in [2.75, 3.05) is 6.54 Å². The highest BCUT2D eigenvalue weighted by Gasteiger charge is 2.15. The van der Waals surface area contributed by atoms with Crippen molar-refractivity contribution in [2.24, 2.45) is 5.73 Å². The van der Waals surface area contributed by atoms with Crippen molar-refractivity contribution in [3.63, 3.8) is 0 Å². The van der Waals surface area contributed by atoms with Gasteiger partial charge in [0.15, 0.2) is 0 Å². The quantitative estimate of drug-likeness (QED) is 0.877. The second-order valence-corrected chi connectivity index (χ2v) is 5.88. The first-order chi connectivity index (χ1) is 9.76. The van der Waals surface area contributed by atoms with Crippen LogP contribution in [0.2, 0.25) is 0 Å². The van der Waals surface area contributed by atoms with Gasteiger partial charge >= 0.3 is 0 Å². The molecule has 0 bridgehead atoms. The number of carbonyl (C=O) groups excluding carboxylic acids is 1. The van der Waals surface area contributed by atoms with E-state index >= 15 is 0 Å². The Morgan fingerprint density at radius 3 is 2.38 bits per heavy atom. The van der Waals surface area contributed by atoms with E-state index in [-0.39, 0.29) is 18.0 Å². The average molecular weight is 294 g/mol. The lowest BCUT2D eigenvalue weighted by Gasteiger charge is -2.20. The summed E-state index contributed by atoms with van der Waals surface area (Å²) in [5, 5.41) is 2.88. The van der Waals surface area contributed by atoms with Gasteiger partial charge in [-0.25, -0.2) is 4.39 Å². The first-order valence-corrected chi connectivity index (χ1v) is 6.85. The van der Waals surface area contributed by atoms with Crippen LogP contribution in [0.4, 0.5) is 4.39 Å². The van der Waals surface area contributed by atoms with Gasteiger partial charge < -0.3 is 15.8 Å². The van der Waals surface area contributed by atoms with Crippen molar-refractivity contribution in [2.45, 2.75) is 39.3 Å². The molecule has 21 heavy (non-hydrogen) atoms. The van der Waals surface area contributed by atoms with Crippen LogP contribution < -0.4 is 15.8 Å². The van der Waals surface area contributed by atoms with Gasteiger partial charge in [-0.05, 0) is 52.0 Å². The normalized spacial score (nSPS) is 13.7. The Morgan fingerprint density at radius 1 is 1.38 bits per heavy atom. The fourth-order valence-electron chi connectivity index (χ4n) is 1.68. The van der Waals surface area contributed by atoms with Crippen LogP contribution in [0.5, 0.6) is 5.75 Å². The molecule has 0 aliphatic rings. The maximum Gasteiger partial charge on any atom is 0.251 e. The molecule has 1 rings (SSSR count). The Balaban J connectivity index is 2.72. The molecule has 0 radical (unpaired) electrons. The van der Waals surface area contributed by atoms with Crippen LogP contribution in [0.3, 0.4) is 0 Å². The molecule has 1 atom stereocenters. The number of hydrogen-bond acceptors (Lipinski definition) is 3. The second kappa shape index (κ2) is 7.22. The minimum Gasteiger partial charge on any atom is -0.486 e. The Labute approximate surface area is 125 Å². The molecule has 4 nitrogen and oxygen atoms in total. The highest BCUT2D eigenvalue weighted by molar-refractivity contribution is 5.94. The maximum atomic E-state index is 12.6. The summed E-state index contributed by atoms with van der Waals surface area (Å²) in [6.45, 7) is 7.58. The molecular formula is C16H23FN2O2. The molecule has 1 unspecified atom stereocenters. The average Bonchev–Trinajstić information content (AvgIpc) is 2.39. The number of benzene rings is 1. The summed E-state index contributed by atoms with van der Waals surface area (Å²) in [5.74, 6) is 0.413. The minimum absolute atomic E-state index is 0.101. The summed E-state index contributed by atoms with van der Waals surface area (Å²) < 4.78 is 18.1. The molecular weight excluding hydrogens is 271 g/mol. The van der Waals surface area contributed by atoms with Gasteiger partial charge in [0.1, 0.15) is 11.9 Å². The van der Waals surface area contributed by atoms with Crippen molar-refractivity contribution in [3.8, 4) is 5.75 Å². The minimum atomic E-state index is -0.450. The number of carbonyl (C=O) groups is 1. The zero-order valence-corrected chi connectivity index (χ0v) is 12.9. The summed E-state index contributed by atoms with van der Waals surface area (Å²) in [6, 6.07) is 6.70. The van der Waals surface area contributed by atoms with E-state index in [1.165, 1.54) is 0 Å². The highest BCUT2D eigenvalue weighted by Crippen LogP contribution is 2.17. The van der Waals surface area contributed by atoms with Gasteiger partial charge in [-0.3, -0.25) is 4.79 Å². The number of hydrogen-bond donors (Lipinski definition) is 2. The van der Waals surface area contributed by atoms with Gasteiger partial charge in [-0.1, -0.05) is 0 Å². The zero-order chi connectivity index (χ0) is 16.0. The molecule has 0 aromatic heterocycles. The molecule has 3 N–H and O–H groups in total. The second-order valence-electron chi connectivity index (χ2n) is 5.88. The largest absolute Gasteiger partial charge is 0.486 e. The smallest absolute Gasteiger partial charge is 0.251 e. The van der Waals surface area contributed by atoms with Crippen molar-refractivity contribution in [1.29, 1.82) is 0 Å². The lowest BCUT2D eigenvalue weighted by atomic mass is 10.1. The number of halogens is 1. The molecule has 1 aromatic rings. The predicted molar refractivity (Wildman–Crippen MR) is 82.0 cm³/mol. The van der Waals surface area contributed by atoms with E-state index in [0.29, 0.717) is 23.2 Å². The monoisotopic (exact) mass is 294 g/mol. The Morgan fingerprint density at radius 2 is 1.95 bits per heavy atom. The molecule has 0 spiro atoms. The SMILES string of the molecule is CC(Oc1ccc(C(=O)NC(C)(C)C)cc1)/C(=C/F)CN. The molecule has 0 saturated carbocycles. The van der Waals surface area contributed by atoms with E-state index in [0.717, 1.165) is 0 Å². The summed E-state index contributed by atoms with van der Waals surface area (Å²) in [4.78, 5) is 12.0. The number of rotatable bonds is 5. The van der Waals surface area contributed by atoms with Gasteiger partial charge in [0, 0.05) is 23.2 Å². The molecule has 0 saturated heterocycles. The zero-order valence-electron chi connectivity index (χ0n) is 12.9. The van der Waals surface area contributed by atoms with E-state index in [1.54, 1.807) is 31.2 Å². The molecule has 0 fully saturated rings. The van der Waals surface area contributed by atoms with Crippen LogP contribution in [0, 0.1) is 0 Å². The number of nitrogens with one attached hydrogen (secondary N) is 1. The number of nitrogens with two attached hydrogens (primary N) is 1. The Kier molecular flexibility index (Phi) is 5.90. The van der Waals surface area contributed by atoms with Crippen molar-refractivity contribution in [3.05, 3.63) is 41.7 Å². The Bertz CT molecular complexity index is 504. The molecule has 0 aliphatic heterocycles. The van der Waals surface area contributed by atoms with E-state index in [4.69, 9.17) is 10.5 Å². The van der Waals surface area contributed by atoms with Crippen molar-refractivity contribution in [1.82, 2.24) is 5.32 Å². The number of ether oxygens (including phenoxy) is 1. The third-order valence-corrected chi connectivity index (χ3v) is 2.82. The van der Waals surface area contributed by atoms with E-state index in [2.05, 4.69) is 5.32 Å². The van der Waals surface area contributed by atoms with Crippen LogP contribution >= 0.6 is 0 Å². The van der Waals surface area contributed by atoms with Gasteiger partial charge in [0.2, 0.25) is 0 Å². The summed E-state index contributed by atoms with van der Waals surface area (Å²) in [5.41, 5.74) is 6.06. The van der Waals surface area contributed by atoms with E-state index < -0.39 is 6.10 Å². The third kappa shape index (κ3) is 5.55. The number of amides is 1. The Hall–Kier alpha value is -1.88. The highest BCUT2D eigenvalue weighted by atomic mass is 19.1. The lowest BCUT2D eigenvalue weighted by molar-refractivity contribution is 0.0919. The molecule has 1 amide bonds. The van der Waals surface area contributed by atoms with Crippen LogP contribution in [0.15, 0.2) is 36.2 Å². The first kappa shape index (κ1) is 17.2. The summed E-state index contributed by atoms with van der Waals surface area (Å²) in [7, 11) is 0. The lowest BCUT2D eigenvalue weighted by Crippen LogP contribution is -2.40. The molecule has 1 aromatic carbocycles. The molecule has 0 aliphatic carbocycles. The van der Waals surface area contributed by atoms with Crippen LogP contribution in [0.25, 0.3) is 0 Å². The first-order valence-electron chi connectivity index (χ1n) is 6.85. The van der Waals surface area contributed by atoms with Crippen LogP contribution in [-0.2, 0) is 0 Å². The topological polar surface area (TPSA) is 64.3 Å². The third-order valence-electron chi connectivity index (χ3n) is 2.82. The molecule has 0 heterocycles.